The van der Waals surface area contributed by atoms with Gasteiger partial charge in [0.25, 0.3) is 0 Å². The molecule has 0 aliphatic carbocycles. The summed E-state index contributed by atoms with van der Waals surface area (Å²) in [4.78, 5) is 9.83. The second-order valence-corrected chi connectivity index (χ2v) is 7.09. The summed E-state index contributed by atoms with van der Waals surface area (Å²) < 4.78 is 5.18. The van der Waals surface area contributed by atoms with Gasteiger partial charge < -0.3 is 20.1 Å². The lowest BCUT2D eigenvalue weighted by molar-refractivity contribution is 0.249. The lowest BCUT2D eigenvalue weighted by atomic mass is 10.1. The quantitative estimate of drug-likeness (QED) is 0.367. The molecule has 1 aromatic carbocycles. The molecular formula is C20H33IN4O2. The van der Waals surface area contributed by atoms with E-state index in [4.69, 9.17) is 9.73 Å². The fourth-order valence-electron chi connectivity index (χ4n) is 3.98. The molecule has 1 atom stereocenters. The first-order valence-electron chi connectivity index (χ1n) is 9.85. The van der Waals surface area contributed by atoms with E-state index in [-0.39, 0.29) is 29.7 Å². The van der Waals surface area contributed by atoms with Crippen LogP contribution in [0.5, 0.6) is 11.5 Å². The highest BCUT2D eigenvalue weighted by molar-refractivity contribution is 14.0. The maximum atomic E-state index is 10.2. The number of aromatic hydroxyl groups is 1. The number of hydrogen-bond donors (Lipinski definition) is 2. The molecule has 0 radical (unpaired) electrons. The molecule has 2 N–H and O–H groups in total. The maximum Gasteiger partial charge on any atom is 0.193 e. The Kier molecular flexibility index (Phi) is 8.95. The van der Waals surface area contributed by atoms with Crippen molar-refractivity contribution in [2.45, 2.75) is 38.6 Å². The number of phenolic OH excluding ortho intramolecular Hbond substituents is 1. The molecule has 0 bridgehead atoms. The minimum atomic E-state index is 0. The van der Waals surface area contributed by atoms with Crippen LogP contribution in [0.25, 0.3) is 0 Å². The number of ether oxygens (including phenoxy) is 1. The van der Waals surface area contributed by atoms with Crippen molar-refractivity contribution in [2.75, 3.05) is 46.4 Å². The normalized spacial score (nSPS) is 20.6. The van der Waals surface area contributed by atoms with Crippen LogP contribution in [0.4, 0.5) is 0 Å². The third kappa shape index (κ3) is 5.63. The van der Waals surface area contributed by atoms with Gasteiger partial charge in [-0.15, -0.1) is 24.0 Å². The van der Waals surface area contributed by atoms with Crippen molar-refractivity contribution in [1.82, 2.24) is 15.1 Å². The Bertz CT molecular complexity index is 620. The van der Waals surface area contributed by atoms with Crippen LogP contribution in [0.1, 0.15) is 31.7 Å². The van der Waals surface area contributed by atoms with E-state index < -0.39 is 0 Å². The van der Waals surface area contributed by atoms with Crippen LogP contribution in [0.15, 0.2) is 23.2 Å². The van der Waals surface area contributed by atoms with Gasteiger partial charge in [0, 0.05) is 32.2 Å². The highest BCUT2D eigenvalue weighted by Crippen LogP contribution is 2.29. The van der Waals surface area contributed by atoms with Crippen LogP contribution in [0.3, 0.4) is 0 Å². The summed E-state index contributed by atoms with van der Waals surface area (Å²) in [5.41, 5.74) is 0.875. The average molecular weight is 488 g/mol. The van der Waals surface area contributed by atoms with Crippen LogP contribution in [-0.2, 0) is 6.42 Å². The molecule has 152 valence electrons. The minimum Gasteiger partial charge on any atom is -0.504 e. The molecule has 0 aromatic heterocycles. The summed E-state index contributed by atoms with van der Waals surface area (Å²) in [6.45, 7) is 8.26. The number of likely N-dealkylation sites (tertiary alicyclic amines) is 2. The van der Waals surface area contributed by atoms with Crippen molar-refractivity contribution in [3.63, 3.8) is 0 Å². The van der Waals surface area contributed by atoms with Crippen LogP contribution in [-0.4, -0.2) is 73.3 Å². The average Bonchev–Trinajstić information content (AvgIpc) is 3.34. The molecule has 1 unspecified atom stereocenters. The van der Waals surface area contributed by atoms with E-state index in [1.54, 1.807) is 13.2 Å². The van der Waals surface area contributed by atoms with Crippen LogP contribution < -0.4 is 10.1 Å². The topological polar surface area (TPSA) is 60.3 Å². The van der Waals surface area contributed by atoms with Crippen LogP contribution >= 0.6 is 24.0 Å². The van der Waals surface area contributed by atoms with Gasteiger partial charge in [-0.25, -0.2) is 0 Å². The highest BCUT2D eigenvalue weighted by Gasteiger charge is 2.30. The van der Waals surface area contributed by atoms with Gasteiger partial charge in [-0.1, -0.05) is 12.1 Å². The molecule has 27 heavy (non-hydrogen) atoms. The molecule has 7 heteroatoms. The van der Waals surface area contributed by atoms with Gasteiger partial charge in [-0.3, -0.25) is 9.89 Å². The standard InChI is InChI=1S/C20H32N4O2.HI/c1-3-21-20(24-14-10-17(15-24)23-12-4-5-13-23)22-11-9-16-7-6-8-18(26-2)19(16)25;/h6-8,17,25H,3-5,9-15H2,1-2H3,(H,21,22);1H. The molecule has 2 heterocycles. The van der Waals surface area contributed by atoms with Gasteiger partial charge in [-0.05, 0) is 57.3 Å². The molecule has 2 aliphatic rings. The van der Waals surface area contributed by atoms with Crippen molar-refractivity contribution in [3.8, 4) is 11.5 Å². The van der Waals surface area contributed by atoms with E-state index in [1.807, 2.05) is 12.1 Å². The number of aliphatic imine (C=N–C) groups is 1. The van der Waals surface area contributed by atoms with Gasteiger partial charge >= 0.3 is 0 Å². The maximum absolute atomic E-state index is 10.2. The van der Waals surface area contributed by atoms with Gasteiger partial charge in [0.2, 0.25) is 0 Å². The summed E-state index contributed by atoms with van der Waals surface area (Å²) in [5, 5.41) is 13.6. The van der Waals surface area contributed by atoms with Gasteiger partial charge in [0.15, 0.2) is 17.5 Å². The summed E-state index contributed by atoms with van der Waals surface area (Å²) in [7, 11) is 1.57. The number of phenols is 1. The summed E-state index contributed by atoms with van der Waals surface area (Å²) in [6.07, 6.45) is 4.60. The number of halogens is 1. The lowest BCUT2D eigenvalue weighted by Crippen LogP contribution is -2.42. The van der Waals surface area contributed by atoms with E-state index in [2.05, 4.69) is 22.0 Å². The predicted molar refractivity (Wildman–Crippen MR) is 121 cm³/mol. The molecule has 6 nitrogen and oxygen atoms in total. The molecule has 0 spiro atoms. The number of para-hydroxylation sites is 1. The number of nitrogens with zero attached hydrogens (tertiary/aromatic N) is 3. The Hall–Kier alpha value is -1.22. The Morgan fingerprint density at radius 2 is 2.07 bits per heavy atom. The molecule has 0 saturated carbocycles. The fraction of sp³-hybridized carbons (Fsp3) is 0.650. The Morgan fingerprint density at radius 3 is 2.78 bits per heavy atom. The highest BCUT2D eigenvalue weighted by atomic mass is 127. The number of guanidine groups is 1. The lowest BCUT2D eigenvalue weighted by Gasteiger charge is -2.25. The molecule has 0 amide bonds. The van der Waals surface area contributed by atoms with E-state index in [9.17, 15) is 5.11 Å². The van der Waals surface area contributed by atoms with E-state index in [0.29, 0.717) is 24.8 Å². The van der Waals surface area contributed by atoms with Crippen molar-refractivity contribution < 1.29 is 9.84 Å². The number of methoxy groups -OCH3 is 1. The monoisotopic (exact) mass is 488 g/mol. The summed E-state index contributed by atoms with van der Waals surface area (Å²) >= 11 is 0. The molecular weight excluding hydrogens is 455 g/mol. The summed E-state index contributed by atoms with van der Waals surface area (Å²) in [6, 6.07) is 6.28. The molecule has 2 saturated heterocycles. The fourth-order valence-corrected chi connectivity index (χ4v) is 3.98. The minimum absolute atomic E-state index is 0. The SMILES string of the molecule is CCNC(=NCCc1cccc(OC)c1O)N1CCC(N2CCCC2)C1.I. The number of hydrogen-bond acceptors (Lipinski definition) is 4. The number of rotatable bonds is 6. The third-order valence-corrected chi connectivity index (χ3v) is 5.40. The Morgan fingerprint density at radius 1 is 1.30 bits per heavy atom. The number of benzene rings is 1. The predicted octanol–water partition coefficient (Wildman–Crippen LogP) is 2.70. The van der Waals surface area contributed by atoms with Crippen molar-refractivity contribution in [3.05, 3.63) is 23.8 Å². The van der Waals surface area contributed by atoms with E-state index in [0.717, 1.165) is 31.2 Å². The zero-order chi connectivity index (χ0) is 18.4. The van der Waals surface area contributed by atoms with Gasteiger partial charge in [0.05, 0.1) is 7.11 Å². The molecule has 3 rings (SSSR count). The second-order valence-electron chi connectivity index (χ2n) is 7.09. The Balaban J connectivity index is 0.00000261. The summed E-state index contributed by atoms with van der Waals surface area (Å²) in [5.74, 6) is 1.74. The van der Waals surface area contributed by atoms with Gasteiger partial charge in [0.1, 0.15) is 0 Å². The third-order valence-electron chi connectivity index (χ3n) is 5.40. The second kappa shape index (κ2) is 10.9. The van der Waals surface area contributed by atoms with Gasteiger partial charge in [-0.2, -0.15) is 0 Å². The first-order valence-corrected chi connectivity index (χ1v) is 9.85. The molecule has 2 aliphatic heterocycles. The van der Waals surface area contributed by atoms with Crippen LogP contribution in [0, 0.1) is 0 Å². The van der Waals surface area contributed by atoms with Crippen LogP contribution in [0.2, 0.25) is 0 Å². The first-order chi connectivity index (χ1) is 12.7. The van der Waals surface area contributed by atoms with E-state index in [1.165, 1.54) is 32.4 Å². The first kappa shape index (κ1) is 22.1. The van der Waals surface area contributed by atoms with E-state index >= 15 is 0 Å². The smallest absolute Gasteiger partial charge is 0.193 e. The Labute approximate surface area is 180 Å². The van der Waals surface area contributed by atoms with Crippen molar-refractivity contribution in [2.24, 2.45) is 4.99 Å². The van der Waals surface area contributed by atoms with Crippen molar-refractivity contribution in [1.29, 1.82) is 0 Å². The zero-order valence-corrected chi connectivity index (χ0v) is 18.8. The largest absolute Gasteiger partial charge is 0.504 e. The van der Waals surface area contributed by atoms with Crippen molar-refractivity contribution >= 4 is 29.9 Å². The molecule has 2 fully saturated rings. The number of nitrogens with one attached hydrogen (secondary N) is 1. The molecule has 1 aromatic rings. The zero-order valence-electron chi connectivity index (χ0n) is 16.5.